The molecule has 0 aliphatic rings. The van der Waals surface area contributed by atoms with Crippen molar-refractivity contribution in [1.82, 2.24) is 0 Å². The fraction of sp³-hybridized carbons (Fsp3) is 0. The molecule has 0 nitrogen and oxygen atoms in total. The second-order valence-corrected chi connectivity index (χ2v) is 9.66. The van der Waals surface area contributed by atoms with Gasteiger partial charge in [-0.2, -0.15) is 9.90 Å². The Balaban J connectivity index is 0.00000147. The average molecular weight is 460 g/mol. The van der Waals surface area contributed by atoms with Crippen LogP contribution >= 0.6 is 9.90 Å². The molecular formula is C18H18PPt. The van der Waals surface area contributed by atoms with Gasteiger partial charge in [0.25, 0.3) is 0 Å². The molecule has 0 aromatic heterocycles. The van der Waals surface area contributed by atoms with Gasteiger partial charge in [-0.3, -0.25) is 0 Å². The summed E-state index contributed by atoms with van der Waals surface area (Å²) in [6.45, 7) is 0. The van der Waals surface area contributed by atoms with Crippen molar-refractivity contribution < 1.29 is 17.3 Å². The maximum atomic E-state index is 2.27. The summed E-state index contributed by atoms with van der Waals surface area (Å²) in [6.07, 6.45) is 0. The van der Waals surface area contributed by atoms with E-state index in [-0.39, 0.29) is 9.90 Å². The minimum atomic E-state index is -1.52. The van der Waals surface area contributed by atoms with Crippen molar-refractivity contribution >= 4 is 21.8 Å². The van der Waals surface area contributed by atoms with Gasteiger partial charge in [0.05, 0.1) is 0 Å². The van der Waals surface area contributed by atoms with Gasteiger partial charge in [0.2, 0.25) is 0 Å². The SMILES string of the molecule is P.c1cc[c]([Pt]([c]2ccccc2)[c]2ccccc2)cc1. The average Bonchev–Trinajstić information content (AvgIpc) is 2.51. The van der Waals surface area contributed by atoms with Crippen molar-refractivity contribution in [2.24, 2.45) is 0 Å². The van der Waals surface area contributed by atoms with Crippen LogP contribution in [-0.2, 0) is 17.3 Å². The van der Waals surface area contributed by atoms with Crippen molar-refractivity contribution in [3.8, 4) is 0 Å². The standard InChI is InChI=1S/3C6H5.H3P.Pt/c3*1-2-4-6-5-3-1;;/h3*1-5H;1H3;. The van der Waals surface area contributed by atoms with Crippen LogP contribution < -0.4 is 11.9 Å². The van der Waals surface area contributed by atoms with Crippen LogP contribution in [0.25, 0.3) is 0 Å². The third-order valence-corrected chi connectivity index (χ3v) is 8.89. The fourth-order valence-electron chi connectivity index (χ4n) is 1.84. The molecule has 0 amide bonds. The summed E-state index contributed by atoms with van der Waals surface area (Å²) in [4.78, 5) is 0. The topological polar surface area (TPSA) is 0 Å². The first-order valence-electron chi connectivity index (χ1n) is 6.21. The molecule has 0 saturated carbocycles. The summed E-state index contributed by atoms with van der Waals surface area (Å²) in [6, 6.07) is 32.8. The van der Waals surface area contributed by atoms with E-state index in [1.165, 1.54) is 11.9 Å². The van der Waals surface area contributed by atoms with Gasteiger partial charge in [-0.1, -0.05) is 0 Å². The van der Waals surface area contributed by atoms with E-state index in [9.17, 15) is 0 Å². The van der Waals surface area contributed by atoms with Crippen LogP contribution in [0.5, 0.6) is 0 Å². The second-order valence-electron chi connectivity index (χ2n) is 4.02. The summed E-state index contributed by atoms with van der Waals surface area (Å²) < 4.78 is 4.47. The third-order valence-electron chi connectivity index (χ3n) is 2.69. The Labute approximate surface area is 130 Å². The summed E-state index contributed by atoms with van der Waals surface area (Å²) in [5.41, 5.74) is 0. The van der Waals surface area contributed by atoms with Crippen LogP contribution in [0.4, 0.5) is 0 Å². The first kappa shape index (κ1) is 15.2. The van der Waals surface area contributed by atoms with E-state index in [4.69, 9.17) is 0 Å². The van der Waals surface area contributed by atoms with E-state index in [2.05, 4.69) is 91.0 Å². The van der Waals surface area contributed by atoms with Gasteiger partial charge in [-0.25, -0.2) is 0 Å². The quantitative estimate of drug-likeness (QED) is 0.528. The van der Waals surface area contributed by atoms with Gasteiger partial charge in [0, 0.05) is 0 Å². The number of hydrogen-bond acceptors (Lipinski definition) is 0. The van der Waals surface area contributed by atoms with Crippen molar-refractivity contribution in [1.29, 1.82) is 0 Å². The van der Waals surface area contributed by atoms with Crippen molar-refractivity contribution in [2.45, 2.75) is 0 Å². The van der Waals surface area contributed by atoms with Crippen LogP contribution in [0.2, 0.25) is 0 Å². The number of rotatable bonds is 3. The molecule has 0 heterocycles. The molecule has 0 spiro atoms. The van der Waals surface area contributed by atoms with Crippen molar-refractivity contribution in [3.05, 3.63) is 91.0 Å². The molecule has 3 aromatic rings. The van der Waals surface area contributed by atoms with Gasteiger partial charge >= 0.3 is 120 Å². The van der Waals surface area contributed by atoms with E-state index >= 15 is 0 Å². The third kappa shape index (κ3) is 3.45. The summed E-state index contributed by atoms with van der Waals surface area (Å²) in [5.74, 6) is 0. The number of benzene rings is 3. The summed E-state index contributed by atoms with van der Waals surface area (Å²) in [5, 5.41) is 0. The molecule has 0 saturated heterocycles. The molecule has 0 fully saturated rings. The molecule has 3 aromatic carbocycles. The molecule has 2 heteroatoms. The van der Waals surface area contributed by atoms with Gasteiger partial charge < -0.3 is 0 Å². The molecule has 105 valence electrons. The van der Waals surface area contributed by atoms with Gasteiger partial charge in [-0.05, 0) is 0 Å². The zero-order valence-electron chi connectivity index (χ0n) is 11.2. The number of hydrogen-bond donors (Lipinski definition) is 0. The van der Waals surface area contributed by atoms with Gasteiger partial charge in [-0.15, -0.1) is 0 Å². The molecule has 0 radical (unpaired) electrons. The molecule has 1 atom stereocenters. The van der Waals surface area contributed by atoms with E-state index in [1.54, 1.807) is 0 Å². The molecule has 0 N–H and O–H groups in total. The van der Waals surface area contributed by atoms with E-state index in [0.717, 1.165) is 0 Å². The van der Waals surface area contributed by atoms with E-state index in [0.29, 0.717) is 0 Å². The first-order chi connectivity index (χ1) is 9.45. The Bertz CT molecular complexity index is 529. The molecule has 0 bridgehead atoms. The summed E-state index contributed by atoms with van der Waals surface area (Å²) in [7, 11) is 0. The second kappa shape index (κ2) is 7.53. The fourth-order valence-corrected chi connectivity index (χ4v) is 7.70. The van der Waals surface area contributed by atoms with E-state index < -0.39 is 17.3 Å². The normalized spacial score (nSPS) is 10.5. The Morgan fingerprint density at radius 1 is 0.400 bits per heavy atom. The molecule has 1 unspecified atom stereocenters. The zero-order valence-corrected chi connectivity index (χ0v) is 14.9. The van der Waals surface area contributed by atoms with Crippen LogP contribution in [0.15, 0.2) is 91.0 Å². The predicted molar refractivity (Wildman–Crippen MR) is 89.3 cm³/mol. The Morgan fingerprint density at radius 2 is 0.650 bits per heavy atom. The zero-order chi connectivity index (χ0) is 12.9. The van der Waals surface area contributed by atoms with E-state index in [1.807, 2.05) is 0 Å². The van der Waals surface area contributed by atoms with Crippen LogP contribution in [0.3, 0.4) is 0 Å². The van der Waals surface area contributed by atoms with Crippen LogP contribution in [0, 0.1) is 0 Å². The Morgan fingerprint density at radius 3 is 0.900 bits per heavy atom. The first-order valence-corrected chi connectivity index (χ1v) is 9.61. The minimum absolute atomic E-state index is 0. The monoisotopic (exact) mass is 460 g/mol. The molecule has 20 heavy (non-hydrogen) atoms. The van der Waals surface area contributed by atoms with Gasteiger partial charge in [0.1, 0.15) is 0 Å². The van der Waals surface area contributed by atoms with Gasteiger partial charge in [0.15, 0.2) is 0 Å². The molecule has 0 aliphatic heterocycles. The molecular weight excluding hydrogens is 442 g/mol. The molecule has 0 aliphatic carbocycles. The maximum absolute atomic E-state index is 2.27. The van der Waals surface area contributed by atoms with Crippen molar-refractivity contribution in [3.63, 3.8) is 0 Å². The van der Waals surface area contributed by atoms with Crippen LogP contribution in [-0.4, -0.2) is 0 Å². The van der Waals surface area contributed by atoms with Crippen LogP contribution in [0.1, 0.15) is 0 Å². The predicted octanol–water partition coefficient (Wildman–Crippen LogP) is 2.64. The Hall–Kier alpha value is -1.22. The summed E-state index contributed by atoms with van der Waals surface area (Å²) >= 11 is -1.52. The molecule has 3 rings (SSSR count). The van der Waals surface area contributed by atoms with Crippen molar-refractivity contribution in [2.75, 3.05) is 0 Å². The Kier molecular flexibility index (Phi) is 5.71.